The summed E-state index contributed by atoms with van der Waals surface area (Å²) in [4.78, 5) is 13.5. The molecule has 32 heavy (non-hydrogen) atoms. The van der Waals surface area contributed by atoms with Crippen LogP contribution in [0.5, 0.6) is 11.5 Å². The van der Waals surface area contributed by atoms with Gasteiger partial charge >= 0.3 is 0 Å². The zero-order valence-corrected chi connectivity index (χ0v) is 18.3. The quantitative estimate of drug-likeness (QED) is 0.408. The Morgan fingerprint density at radius 1 is 1.00 bits per heavy atom. The van der Waals surface area contributed by atoms with Crippen molar-refractivity contribution in [3.05, 3.63) is 82.7 Å². The molecule has 2 aliphatic heterocycles. The third-order valence-corrected chi connectivity index (χ3v) is 6.46. The minimum atomic E-state index is -0.0503. The molecule has 158 valence electrons. The maximum atomic E-state index is 6.04. The Hall–Kier alpha value is -3.49. The highest BCUT2D eigenvalue weighted by molar-refractivity contribution is 7.14. The van der Waals surface area contributed by atoms with Crippen molar-refractivity contribution >= 4 is 33.8 Å². The van der Waals surface area contributed by atoms with Crippen LogP contribution in [0.4, 0.5) is 5.13 Å². The van der Waals surface area contributed by atoms with Crippen molar-refractivity contribution in [1.29, 1.82) is 0 Å². The van der Waals surface area contributed by atoms with Crippen molar-refractivity contribution in [2.45, 2.75) is 12.5 Å². The maximum absolute atomic E-state index is 6.04. The van der Waals surface area contributed by atoms with Gasteiger partial charge in [0.05, 0.1) is 23.6 Å². The summed E-state index contributed by atoms with van der Waals surface area (Å²) in [6.07, 6.45) is 5.75. The summed E-state index contributed by atoms with van der Waals surface area (Å²) in [5.41, 5.74) is 4.59. The zero-order chi connectivity index (χ0) is 21.5. The standard InChI is InChI=1S/C23H16ClN5O2S/c24-16-4-1-14(2-5-16)19-12-32-23(27-19)29-20(10-17(28-29)18-11-25-7-8-26-18)15-3-6-21-22(9-15)31-13-30-21/h1-9,11-12,20H,10,13H2. The van der Waals surface area contributed by atoms with Crippen LogP contribution in [0.1, 0.15) is 23.7 Å². The minimum absolute atomic E-state index is 0.0503. The molecule has 2 aromatic heterocycles. The molecule has 0 N–H and O–H groups in total. The zero-order valence-electron chi connectivity index (χ0n) is 16.7. The SMILES string of the molecule is Clc1ccc(-c2csc(N3N=C(c4cnccn4)CC3c3ccc4c(c3)OCO4)n2)cc1. The van der Waals surface area contributed by atoms with Crippen molar-refractivity contribution in [1.82, 2.24) is 15.0 Å². The number of halogens is 1. The molecule has 0 radical (unpaired) electrons. The average molecular weight is 462 g/mol. The van der Waals surface area contributed by atoms with Gasteiger partial charge in [0.15, 0.2) is 11.5 Å². The van der Waals surface area contributed by atoms with E-state index >= 15 is 0 Å². The van der Waals surface area contributed by atoms with Crippen LogP contribution in [-0.4, -0.2) is 27.5 Å². The van der Waals surface area contributed by atoms with E-state index in [2.05, 4.69) is 9.97 Å². The normalized spacial score (nSPS) is 17.0. The summed E-state index contributed by atoms with van der Waals surface area (Å²) in [5.74, 6) is 1.50. The first-order chi connectivity index (χ1) is 15.7. The number of benzene rings is 2. The van der Waals surface area contributed by atoms with Gasteiger partial charge in [-0.1, -0.05) is 29.8 Å². The second-order valence-electron chi connectivity index (χ2n) is 7.34. The van der Waals surface area contributed by atoms with Crippen LogP contribution in [0.25, 0.3) is 11.3 Å². The molecule has 6 rings (SSSR count). The fourth-order valence-corrected chi connectivity index (χ4v) is 4.75. The second-order valence-corrected chi connectivity index (χ2v) is 8.61. The number of ether oxygens (including phenoxy) is 2. The van der Waals surface area contributed by atoms with Gasteiger partial charge in [0, 0.05) is 34.8 Å². The van der Waals surface area contributed by atoms with Crippen LogP contribution in [0.15, 0.2) is 71.5 Å². The average Bonchev–Trinajstić information content (AvgIpc) is 3.58. The first-order valence-corrected chi connectivity index (χ1v) is 11.2. The molecule has 0 aliphatic carbocycles. The molecule has 0 spiro atoms. The molecule has 4 aromatic rings. The molecule has 9 heteroatoms. The van der Waals surface area contributed by atoms with Crippen molar-refractivity contribution in [3.8, 4) is 22.8 Å². The van der Waals surface area contributed by atoms with Crippen molar-refractivity contribution in [2.24, 2.45) is 5.10 Å². The summed E-state index contributed by atoms with van der Waals surface area (Å²) < 4.78 is 11.1. The Kier molecular flexibility index (Phi) is 4.74. The second kappa shape index (κ2) is 7.89. The summed E-state index contributed by atoms with van der Waals surface area (Å²) >= 11 is 7.59. The van der Waals surface area contributed by atoms with Gasteiger partial charge in [-0.3, -0.25) is 9.97 Å². The fourth-order valence-electron chi connectivity index (χ4n) is 3.79. The molecule has 7 nitrogen and oxygen atoms in total. The van der Waals surface area contributed by atoms with Gasteiger partial charge in [-0.25, -0.2) is 9.99 Å². The van der Waals surface area contributed by atoms with Crippen molar-refractivity contribution in [2.75, 3.05) is 11.8 Å². The number of aromatic nitrogens is 3. The molecule has 0 fully saturated rings. The largest absolute Gasteiger partial charge is 0.454 e. The molecule has 1 unspecified atom stereocenters. The number of hydrazone groups is 1. The molecule has 0 bridgehead atoms. The van der Waals surface area contributed by atoms with Gasteiger partial charge in [-0.05, 0) is 29.8 Å². The Balaban J connectivity index is 1.39. The van der Waals surface area contributed by atoms with Gasteiger partial charge in [0.2, 0.25) is 11.9 Å². The van der Waals surface area contributed by atoms with Crippen LogP contribution < -0.4 is 14.5 Å². The number of hydrogen-bond donors (Lipinski definition) is 0. The van der Waals surface area contributed by atoms with Crippen molar-refractivity contribution < 1.29 is 9.47 Å². The van der Waals surface area contributed by atoms with Gasteiger partial charge < -0.3 is 9.47 Å². The third kappa shape index (κ3) is 3.47. The Morgan fingerprint density at radius 3 is 2.72 bits per heavy atom. The first kappa shape index (κ1) is 19.2. The van der Waals surface area contributed by atoms with Gasteiger partial charge in [0.25, 0.3) is 0 Å². The highest BCUT2D eigenvalue weighted by Crippen LogP contribution is 2.42. The van der Waals surface area contributed by atoms with E-state index in [1.54, 1.807) is 29.9 Å². The number of fused-ring (bicyclic) bond motifs is 1. The lowest BCUT2D eigenvalue weighted by Gasteiger charge is -2.21. The molecule has 0 saturated carbocycles. The number of nitrogens with zero attached hydrogens (tertiary/aromatic N) is 5. The lowest BCUT2D eigenvalue weighted by atomic mass is 10.0. The number of anilines is 1. The van der Waals surface area contributed by atoms with Crippen LogP contribution in [0.3, 0.4) is 0 Å². The molecule has 1 atom stereocenters. The van der Waals surface area contributed by atoms with E-state index in [4.69, 9.17) is 31.2 Å². The monoisotopic (exact) mass is 461 g/mol. The molecule has 0 saturated heterocycles. The molecule has 0 amide bonds. The lowest BCUT2D eigenvalue weighted by Crippen LogP contribution is -2.18. The highest BCUT2D eigenvalue weighted by atomic mass is 35.5. The smallest absolute Gasteiger partial charge is 0.231 e. The third-order valence-electron chi connectivity index (χ3n) is 5.38. The molecule has 4 heterocycles. The summed E-state index contributed by atoms with van der Waals surface area (Å²) in [7, 11) is 0. The van der Waals surface area contributed by atoms with E-state index in [0.29, 0.717) is 11.4 Å². The van der Waals surface area contributed by atoms with Gasteiger partial charge in [0.1, 0.15) is 5.69 Å². The Labute approximate surface area is 193 Å². The predicted molar refractivity (Wildman–Crippen MR) is 124 cm³/mol. The summed E-state index contributed by atoms with van der Waals surface area (Å²) in [6.45, 7) is 0.242. The predicted octanol–water partition coefficient (Wildman–Crippen LogP) is 5.34. The molecular weight excluding hydrogens is 446 g/mol. The van der Waals surface area contributed by atoms with Gasteiger partial charge in [-0.2, -0.15) is 5.10 Å². The highest BCUT2D eigenvalue weighted by Gasteiger charge is 2.33. The topological polar surface area (TPSA) is 72.7 Å². The Morgan fingerprint density at radius 2 is 1.88 bits per heavy atom. The van der Waals surface area contributed by atoms with E-state index in [1.165, 1.54) is 0 Å². The maximum Gasteiger partial charge on any atom is 0.231 e. The molecule has 2 aromatic carbocycles. The van der Waals surface area contributed by atoms with Crippen LogP contribution in [0.2, 0.25) is 5.02 Å². The van der Waals surface area contributed by atoms with Crippen LogP contribution >= 0.6 is 22.9 Å². The van der Waals surface area contributed by atoms with Crippen molar-refractivity contribution in [3.63, 3.8) is 0 Å². The Bertz CT molecular complexity index is 1310. The fraction of sp³-hybridized carbons (Fsp3) is 0.130. The van der Waals surface area contributed by atoms with E-state index < -0.39 is 0 Å². The lowest BCUT2D eigenvalue weighted by molar-refractivity contribution is 0.174. The van der Waals surface area contributed by atoms with E-state index in [1.807, 2.05) is 52.9 Å². The number of rotatable bonds is 4. The van der Waals surface area contributed by atoms with E-state index in [0.717, 1.165) is 44.9 Å². The minimum Gasteiger partial charge on any atom is -0.454 e. The van der Waals surface area contributed by atoms with E-state index in [-0.39, 0.29) is 12.8 Å². The summed E-state index contributed by atoms with van der Waals surface area (Å²) in [5, 5.41) is 10.4. The van der Waals surface area contributed by atoms with Gasteiger partial charge in [-0.15, -0.1) is 11.3 Å². The van der Waals surface area contributed by atoms with Crippen LogP contribution in [-0.2, 0) is 0 Å². The van der Waals surface area contributed by atoms with Crippen LogP contribution in [0, 0.1) is 0 Å². The number of hydrogen-bond acceptors (Lipinski definition) is 8. The summed E-state index contributed by atoms with van der Waals surface area (Å²) in [6, 6.07) is 13.6. The first-order valence-electron chi connectivity index (χ1n) is 9.99. The molecular formula is C23H16ClN5O2S. The number of thiazole rings is 1. The molecule has 2 aliphatic rings. The van der Waals surface area contributed by atoms with E-state index in [9.17, 15) is 0 Å².